The van der Waals surface area contributed by atoms with Crippen LogP contribution in [0.25, 0.3) is 0 Å². The van der Waals surface area contributed by atoms with E-state index in [2.05, 4.69) is 24.8 Å². The minimum absolute atomic E-state index is 0.258. The number of imidazole rings is 1. The molecule has 3 N–H and O–H groups in total. The Bertz CT molecular complexity index is 525. The molecule has 2 aromatic heterocycles. The summed E-state index contributed by atoms with van der Waals surface area (Å²) in [5, 5.41) is 3.21. The van der Waals surface area contributed by atoms with Crippen LogP contribution in [0.1, 0.15) is 18.5 Å². The molecule has 100 valence electrons. The van der Waals surface area contributed by atoms with Crippen LogP contribution in [0.2, 0.25) is 0 Å². The van der Waals surface area contributed by atoms with Gasteiger partial charge >= 0.3 is 0 Å². The molecule has 6 nitrogen and oxygen atoms in total. The highest BCUT2D eigenvalue weighted by atomic mass is 32.1. The fraction of sp³-hybridized carbons (Fsp3) is 0.333. The number of aryl methyl sites for hydroxylation is 1. The minimum Gasteiger partial charge on any atom is -0.388 e. The third-order valence-electron chi connectivity index (χ3n) is 2.63. The number of aromatic nitrogens is 4. The maximum atomic E-state index is 5.59. The molecule has 2 rings (SSSR count). The molecule has 0 aliphatic carbocycles. The molecule has 2 heterocycles. The molecule has 0 unspecified atom stereocenters. The molecule has 0 saturated heterocycles. The Morgan fingerprint density at radius 1 is 1.26 bits per heavy atom. The topological polar surface area (TPSA) is 81.6 Å². The summed E-state index contributed by atoms with van der Waals surface area (Å²) >= 11 is 4.93. The molecule has 0 aliphatic heterocycles. The van der Waals surface area contributed by atoms with E-state index in [9.17, 15) is 0 Å². The highest BCUT2D eigenvalue weighted by molar-refractivity contribution is 7.80. The highest BCUT2D eigenvalue weighted by Gasteiger charge is 2.06. The Labute approximate surface area is 117 Å². The monoisotopic (exact) mass is 276 g/mol. The molecule has 0 aliphatic rings. The Morgan fingerprint density at radius 3 is 2.84 bits per heavy atom. The van der Waals surface area contributed by atoms with Gasteiger partial charge in [0.15, 0.2) is 5.82 Å². The first-order chi connectivity index (χ1) is 9.27. The molecule has 0 saturated carbocycles. The molecule has 0 bridgehead atoms. The van der Waals surface area contributed by atoms with Gasteiger partial charge in [0, 0.05) is 37.9 Å². The summed E-state index contributed by atoms with van der Waals surface area (Å²) in [4.78, 5) is 12.6. The van der Waals surface area contributed by atoms with Crippen LogP contribution in [0.4, 0.5) is 5.82 Å². The number of nitrogens with zero attached hydrogens (tertiary/aromatic N) is 4. The molecule has 7 heteroatoms. The maximum Gasteiger partial charge on any atom is 0.155 e. The number of anilines is 1. The first kappa shape index (κ1) is 13.4. The van der Waals surface area contributed by atoms with Gasteiger partial charge in [-0.25, -0.2) is 15.0 Å². The standard InChI is InChI=1S/C12H16N6S/c13-11(19)10-12(17-5-4-15-10)16-3-1-2-7-18-8-6-14-9-18/h4-6,8-9H,1-3,7H2,(H2,13,19)(H,16,17). The second-order valence-electron chi connectivity index (χ2n) is 4.05. The van der Waals surface area contributed by atoms with Crippen molar-refractivity contribution in [2.75, 3.05) is 11.9 Å². The number of unbranched alkanes of at least 4 members (excludes halogenated alkanes) is 1. The van der Waals surface area contributed by atoms with E-state index in [1.165, 1.54) is 0 Å². The van der Waals surface area contributed by atoms with Gasteiger partial charge in [0.05, 0.1) is 6.33 Å². The molecule has 0 aromatic carbocycles. The average molecular weight is 276 g/mol. The molecule has 0 radical (unpaired) electrons. The summed E-state index contributed by atoms with van der Waals surface area (Å²) in [5.74, 6) is 0.651. The third-order valence-corrected chi connectivity index (χ3v) is 2.82. The second-order valence-corrected chi connectivity index (χ2v) is 4.49. The van der Waals surface area contributed by atoms with Gasteiger partial charge < -0.3 is 15.6 Å². The quantitative estimate of drug-likeness (QED) is 0.584. The maximum absolute atomic E-state index is 5.59. The molecular weight excluding hydrogens is 260 g/mol. The lowest BCUT2D eigenvalue weighted by molar-refractivity contribution is 0.620. The van der Waals surface area contributed by atoms with E-state index in [0.29, 0.717) is 11.5 Å². The molecule has 2 aromatic rings. The van der Waals surface area contributed by atoms with E-state index >= 15 is 0 Å². The summed E-state index contributed by atoms with van der Waals surface area (Å²) < 4.78 is 2.06. The number of thiocarbonyl (C=S) groups is 1. The number of rotatable bonds is 7. The fourth-order valence-corrected chi connectivity index (χ4v) is 1.84. The van der Waals surface area contributed by atoms with Crippen molar-refractivity contribution in [2.45, 2.75) is 19.4 Å². The van der Waals surface area contributed by atoms with E-state index in [1.807, 2.05) is 12.5 Å². The Hall–Kier alpha value is -2.02. The van der Waals surface area contributed by atoms with Gasteiger partial charge in [-0.3, -0.25) is 0 Å². The smallest absolute Gasteiger partial charge is 0.155 e. The number of hydrogen-bond donors (Lipinski definition) is 2. The van der Waals surface area contributed by atoms with Gasteiger partial charge in [0.2, 0.25) is 0 Å². The van der Waals surface area contributed by atoms with Crippen molar-refractivity contribution in [3.05, 3.63) is 36.8 Å². The van der Waals surface area contributed by atoms with Crippen molar-refractivity contribution in [1.29, 1.82) is 0 Å². The fourth-order valence-electron chi connectivity index (χ4n) is 1.69. The Kier molecular flexibility index (Phi) is 4.79. The lowest BCUT2D eigenvalue weighted by atomic mass is 10.3. The van der Waals surface area contributed by atoms with E-state index < -0.39 is 0 Å². The van der Waals surface area contributed by atoms with Gasteiger partial charge in [0.1, 0.15) is 10.7 Å². The number of nitrogens with two attached hydrogens (primary N) is 1. The van der Waals surface area contributed by atoms with Crippen molar-refractivity contribution in [2.24, 2.45) is 5.73 Å². The van der Waals surface area contributed by atoms with Crippen LogP contribution in [0, 0.1) is 0 Å². The van der Waals surface area contributed by atoms with Crippen LogP contribution in [-0.2, 0) is 6.54 Å². The molecule has 0 atom stereocenters. The SMILES string of the molecule is NC(=S)c1nccnc1NCCCCn1ccnc1. The van der Waals surface area contributed by atoms with Crippen molar-refractivity contribution in [1.82, 2.24) is 19.5 Å². The predicted octanol–water partition coefficient (Wildman–Crippen LogP) is 1.20. The lowest BCUT2D eigenvalue weighted by Gasteiger charge is -2.08. The van der Waals surface area contributed by atoms with Crippen LogP contribution >= 0.6 is 12.2 Å². The number of nitrogens with one attached hydrogen (secondary N) is 1. The van der Waals surface area contributed by atoms with Gasteiger partial charge in [0.25, 0.3) is 0 Å². The van der Waals surface area contributed by atoms with E-state index in [0.717, 1.165) is 25.9 Å². The van der Waals surface area contributed by atoms with E-state index in [4.69, 9.17) is 18.0 Å². The molecule has 19 heavy (non-hydrogen) atoms. The molecule has 0 fully saturated rings. The van der Waals surface area contributed by atoms with E-state index in [1.54, 1.807) is 18.6 Å². The normalized spacial score (nSPS) is 10.3. The molecular formula is C12H16N6S. The number of hydrogen-bond acceptors (Lipinski definition) is 5. The van der Waals surface area contributed by atoms with Crippen LogP contribution in [0.5, 0.6) is 0 Å². The molecule has 0 spiro atoms. The average Bonchev–Trinajstić information content (AvgIpc) is 2.92. The highest BCUT2D eigenvalue weighted by Crippen LogP contribution is 2.08. The van der Waals surface area contributed by atoms with Crippen molar-refractivity contribution >= 4 is 23.0 Å². The largest absolute Gasteiger partial charge is 0.388 e. The van der Waals surface area contributed by atoms with Crippen molar-refractivity contribution in [3.63, 3.8) is 0 Å². The zero-order chi connectivity index (χ0) is 13.5. The van der Waals surface area contributed by atoms with Crippen LogP contribution < -0.4 is 11.1 Å². The minimum atomic E-state index is 0.258. The van der Waals surface area contributed by atoms with Crippen LogP contribution in [-0.4, -0.2) is 31.1 Å². The summed E-state index contributed by atoms with van der Waals surface area (Å²) in [6.07, 6.45) is 10.8. The third kappa shape index (κ3) is 3.99. The van der Waals surface area contributed by atoms with Crippen molar-refractivity contribution in [3.8, 4) is 0 Å². The summed E-state index contributed by atoms with van der Waals surface area (Å²) in [7, 11) is 0. The lowest BCUT2D eigenvalue weighted by Crippen LogP contribution is -2.16. The first-order valence-electron chi connectivity index (χ1n) is 6.08. The van der Waals surface area contributed by atoms with Crippen molar-refractivity contribution < 1.29 is 0 Å². The van der Waals surface area contributed by atoms with Gasteiger partial charge in [-0.2, -0.15) is 0 Å². The van der Waals surface area contributed by atoms with Gasteiger partial charge in [-0.05, 0) is 12.8 Å². The van der Waals surface area contributed by atoms with E-state index in [-0.39, 0.29) is 4.99 Å². The molecule has 0 amide bonds. The van der Waals surface area contributed by atoms with Gasteiger partial charge in [-0.15, -0.1) is 0 Å². The first-order valence-corrected chi connectivity index (χ1v) is 6.48. The zero-order valence-electron chi connectivity index (χ0n) is 10.5. The second kappa shape index (κ2) is 6.79. The Balaban J connectivity index is 1.75. The Morgan fingerprint density at radius 2 is 2.11 bits per heavy atom. The van der Waals surface area contributed by atoms with Crippen LogP contribution in [0.3, 0.4) is 0 Å². The summed E-state index contributed by atoms with van der Waals surface area (Å²) in [6.45, 7) is 1.77. The summed E-state index contributed by atoms with van der Waals surface area (Å²) in [5.41, 5.74) is 6.14. The predicted molar refractivity (Wildman–Crippen MR) is 77.9 cm³/mol. The summed E-state index contributed by atoms with van der Waals surface area (Å²) in [6, 6.07) is 0. The van der Waals surface area contributed by atoms with Crippen LogP contribution in [0.15, 0.2) is 31.1 Å². The zero-order valence-corrected chi connectivity index (χ0v) is 11.3. The van der Waals surface area contributed by atoms with Gasteiger partial charge in [-0.1, -0.05) is 12.2 Å².